The minimum absolute atomic E-state index is 0.00967. The first-order valence-electron chi connectivity index (χ1n) is 17.1. The largest absolute Gasteiger partial charge is 0.459 e. The van der Waals surface area contributed by atoms with Crippen molar-refractivity contribution >= 4 is 5.97 Å². The highest BCUT2D eigenvalue weighted by Gasteiger charge is 2.37. The summed E-state index contributed by atoms with van der Waals surface area (Å²) >= 11 is 0. The van der Waals surface area contributed by atoms with Crippen molar-refractivity contribution in [2.24, 2.45) is 33.0 Å². The van der Waals surface area contributed by atoms with Crippen LogP contribution in [0.1, 0.15) is 204 Å². The predicted molar refractivity (Wildman–Crippen MR) is 187 cm³/mol. The molecule has 0 amide bonds. The molecular formula is C38H84O2. The van der Waals surface area contributed by atoms with Gasteiger partial charge in [0.15, 0.2) is 0 Å². The van der Waals surface area contributed by atoms with Crippen LogP contribution in [0.15, 0.2) is 0 Å². The molecule has 0 N–H and O–H groups in total. The Labute approximate surface area is 258 Å². The van der Waals surface area contributed by atoms with E-state index >= 15 is 0 Å². The van der Waals surface area contributed by atoms with Gasteiger partial charge in [-0.05, 0) is 79.4 Å². The molecular weight excluding hydrogens is 488 g/mol. The molecule has 0 bridgehead atoms. The molecule has 0 rings (SSSR count). The smallest absolute Gasteiger partial charge is 0.309 e. The van der Waals surface area contributed by atoms with Crippen molar-refractivity contribution in [3.8, 4) is 0 Å². The summed E-state index contributed by atoms with van der Waals surface area (Å²) in [6, 6.07) is 0. The first-order chi connectivity index (χ1) is 17.9. The van der Waals surface area contributed by atoms with Gasteiger partial charge in [0.1, 0.15) is 5.60 Å². The maximum absolute atomic E-state index is 13.6. The van der Waals surface area contributed by atoms with E-state index in [0.29, 0.717) is 5.41 Å². The zero-order valence-electron chi connectivity index (χ0n) is 32.8. The average Bonchev–Trinajstić information content (AvgIpc) is 2.77. The van der Waals surface area contributed by atoms with Gasteiger partial charge in [0.25, 0.3) is 0 Å². The molecule has 1 unspecified atom stereocenters. The normalized spacial score (nSPS) is 13.1. The zero-order valence-corrected chi connectivity index (χ0v) is 32.8. The van der Waals surface area contributed by atoms with Crippen LogP contribution in [0.5, 0.6) is 0 Å². The van der Waals surface area contributed by atoms with Gasteiger partial charge in [-0.3, -0.25) is 4.79 Å². The van der Waals surface area contributed by atoms with E-state index < -0.39 is 5.60 Å². The molecule has 0 aromatic heterocycles. The van der Waals surface area contributed by atoms with Crippen LogP contribution in [0, 0.1) is 33.0 Å². The van der Waals surface area contributed by atoms with E-state index in [-0.39, 0.29) is 33.5 Å². The van der Waals surface area contributed by atoms with Gasteiger partial charge >= 0.3 is 5.97 Å². The molecule has 0 saturated heterocycles. The standard InChI is InChI=1S/C30H60O2.4C2H6/c1-16-27(8,9)22-30(14,15)32-24(31)23(19-29(12,13)21-26(5,6)7)17-18-28(10,11)20-25(2,3)4;4*1-2/h23H,16-22H2,1-15H3;4*1-2H3. The van der Waals surface area contributed by atoms with Gasteiger partial charge in [-0.1, -0.05) is 152 Å². The number of carbonyl (C=O) groups is 1. The Morgan fingerprint density at radius 2 is 0.900 bits per heavy atom. The van der Waals surface area contributed by atoms with Crippen molar-refractivity contribution in [3.05, 3.63) is 0 Å². The first-order valence-corrected chi connectivity index (χ1v) is 17.1. The van der Waals surface area contributed by atoms with Crippen molar-refractivity contribution in [2.45, 2.75) is 210 Å². The first kappa shape index (κ1) is 49.2. The Kier molecular flexibility index (Phi) is 27.1. The number of carbonyl (C=O) groups excluding carboxylic acids is 1. The molecule has 0 aliphatic heterocycles. The third-order valence-corrected chi connectivity index (χ3v) is 6.56. The van der Waals surface area contributed by atoms with Crippen molar-refractivity contribution in [2.75, 3.05) is 0 Å². The number of hydrogen-bond donors (Lipinski definition) is 0. The molecule has 0 spiro atoms. The Bertz CT molecular complexity index is 580. The molecule has 0 saturated carbocycles. The minimum atomic E-state index is -0.441. The summed E-state index contributed by atoms with van der Waals surface area (Å²) in [6.45, 7) is 50.1. The lowest BCUT2D eigenvalue weighted by Crippen LogP contribution is -2.37. The SMILES string of the molecule is CC.CC.CC.CC.CCC(C)(C)CC(C)(C)OC(=O)C(CCC(C)(C)CC(C)(C)C)CC(C)(C)CC(C)(C)C. The minimum Gasteiger partial charge on any atom is -0.459 e. The molecule has 0 aromatic carbocycles. The quantitative estimate of drug-likeness (QED) is 0.217. The summed E-state index contributed by atoms with van der Waals surface area (Å²) < 4.78 is 6.24. The van der Waals surface area contributed by atoms with Crippen molar-refractivity contribution in [1.82, 2.24) is 0 Å². The fourth-order valence-corrected chi connectivity index (χ4v) is 6.24. The lowest BCUT2D eigenvalue weighted by molar-refractivity contribution is -0.166. The van der Waals surface area contributed by atoms with E-state index in [9.17, 15) is 4.79 Å². The van der Waals surface area contributed by atoms with Crippen molar-refractivity contribution in [1.29, 1.82) is 0 Å². The van der Waals surface area contributed by atoms with Crippen LogP contribution in [0.25, 0.3) is 0 Å². The average molecular weight is 573 g/mol. The van der Waals surface area contributed by atoms with E-state index in [1.807, 2.05) is 55.4 Å². The monoisotopic (exact) mass is 573 g/mol. The Morgan fingerprint density at radius 1 is 0.550 bits per heavy atom. The van der Waals surface area contributed by atoms with Gasteiger partial charge in [-0.2, -0.15) is 0 Å². The molecule has 248 valence electrons. The third kappa shape index (κ3) is 30.4. The molecule has 0 aromatic rings. The molecule has 0 aliphatic rings. The second-order valence-corrected chi connectivity index (χ2v) is 16.1. The van der Waals surface area contributed by atoms with Crippen LogP contribution in [0.2, 0.25) is 0 Å². The summed E-state index contributed by atoms with van der Waals surface area (Å²) in [6.07, 6.45) is 7.07. The molecule has 2 nitrogen and oxygen atoms in total. The molecule has 0 fully saturated rings. The van der Waals surface area contributed by atoms with Crippen LogP contribution in [0.4, 0.5) is 0 Å². The fraction of sp³-hybridized carbons (Fsp3) is 0.974. The summed E-state index contributed by atoms with van der Waals surface area (Å²) in [5.41, 5.74) is 0.573. The second kappa shape index (κ2) is 22.1. The number of hydrogen-bond acceptors (Lipinski definition) is 2. The Hall–Kier alpha value is -0.530. The van der Waals surface area contributed by atoms with E-state index in [1.54, 1.807) is 0 Å². The summed E-state index contributed by atoms with van der Waals surface area (Å²) in [5.74, 6) is -0.0361. The van der Waals surface area contributed by atoms with Crippen LogP contribution in [-0.2, 0) is 9.53 Å². The summed E-state index contributed by atoms with van der Waals surface area (Å²) in [7, 11) is 0. The molecule has 0 heterocycles. The van der Waals surface area contributed by atoms with Crippen molar-refractivity contribution in [3.63, 3.8) is 0 Å². The van der Waals surface area contributed by atoms with Gasteiger partial charge in [0.2, 0.25) is 0 Å². The molecule has 2 heteroatoms. The van der Waals surface area contributed by atoms with Gasteiger partial charge < -0.3 is 4.74 Å². The van der Waals surface area contributed by atoms with Gasteiger partial charge in [-0.15, -0.1) is 0 Å². The zero-order chi connectivity index (χ0) is 33.8. The van der Waals surface area contributed by atoms with E-state index in [4.69, 9.17) is 4.74 Å². The maximum atomic E-state index is 13.6. The lowest BCUT2D eigenvalue weighted by Gasteiger charge is -2.39. The van der Waals surface area contributed by atoms with Crippen LogP contribution < -0.4 is 0 Å². The second-order valence-electron chi connectivity index (χ2n) is 16.1. The molecule has 1 atom stereocenters. The topological polar surface area (TPSA) is 26.3 Å². The van der Waals surface area contributed by atoms with Crippen LogP contribution >= 0.6 is 0 Å². The Morgan fingerprint density at radius 3 is 1.23 bits per heavy atom. The summed E-state index contributed by atoms with van der Waals surface area (Å²) in [5, 5.41) is 0. The van der Waals surface area contributed by atoms with E-state index in [1.165, 1.54) is 0 Å². The van der Waals surface area contributed by atoms with E-state index in [2.05, 4.69) is 104 Å². The number of rotatable bonds is 12. The van der Waals surface area contributed by atoms with Gasteiger partial charge in [0, 0.05) is 0 Å². The van der Waals surface area contributed by atoms with Crippen LogP contribution in [-0.4, -0.2) is 11.6 Å². The highest BCUT2D eigenvalue weighted by atomic mass is 16.6. The number of ether oxygens (including phenoxy) is 1. The van der Waals surface area contributed by atoms with Gasteiger partial charge in [-0.25, -0.2) is 0 Å². The molecule has 40 heavy (non-hydrogen) atoms. The highest BCUT2D eigenvalue weighted by molar-refractivity contribution is 5.73. The van der Waals surface area contributed by atoms with Crippen molar-refractivity contribution < 1.29 is 9.53 Å². The summed E-state index contributed by atoms with van der Waals surface area (Å²) in [4.78, 5) is 13.6. The highest BCUT2D eigenvalue weighted by Crippen LogP contribution is 2.43. The third-order valence-electron chi connectivity index (χ3n) is 6.56. The molecule has 0 radical (unpaired) electrons. The van der Waals surface area contributed by atoms with Crippen LogP contribution in [0.3, 0.4) is 0 Å². The maximum Gasteiger partial charge on any atom is 0.309 e. The lowest BCUT2D eigenvalue weighted by atomic mass is 9.69. The molecule has 0 aliphatic carbocycles. The Balaban J connectivity index is -0.000000464. The van der Waals surface area contributed by atoms with E-state index in [0.717, 1.165) is 44.9 Å². The number of esters is 1. The predicted octanol–water partition coefficient (Wildman–Crippen LogP) is 14.0. The van der Waals surface area contributed by atoms with Gasteiger partial charge in [0.05, 0.1) is 5.92 Å². The fourth-order valence-electron chi connectivity index (χ4n) is 6.24.